The van der Waals surface area contributed by atoms with Crippen LogP contribution >= 0.6 is 0 Å². The molecule has 2 aromatic carbocycles. The molecule has 3 rings (SSSR count). The van der Waals surface area contributed by atoms with Crippen molar-refractivity contribution in [2.45, 2.75) is 38.5 Å². The summed E-state index contributed by atoms with van der Waals surface area (Å²) < 4.78 is 19.0. The third-order valence-corrected chi connectivity index (χ3v) is 4.16. The third-order valence-electron chi connectivity index (χ3n) is 4.16. The highest BCUT2D eigenvalue weighted by atomic mass is 19.1. The Morgan fingerprint density at radius 2 is 1.92 bits per heavy atom. The first-order chi connectivity index (χ1) is 11.6. The van der Waals surface area contributed by atoms with Gasteiger partial charge in [-0.25, -0.2) is 9.18 Å². The molecule has 2 aromatic rings. The molecule has 1 amide bonds. The number of alkyl carbamates (subject to hydrolysis) is 1. The van der Waals surface area contributed by atoms with Crippen molar-refractivity contribution in [2.75, 3.05) is 5.32 Å². The Kier molecular flexibility index (Phi) is 4.99. The first-order valence-electron chi connectivity index (χ1n) is 8.10. The maximum Gasteiger partial charge on any atom is 0.407 e. The lowest BCUT2D eigenvalue weighted by Gasteiger charge is -2.36. The fraction of sp³-hybridized carbons (Fsp3) is 0.316. The summed E-state index contributed by atoms with van der Waals surface area (Å²) >= 11 is 0. The molecule has 1 aliphatic carbocycles. The molecule has 126 valence electrons. The third kappa shape index (κ3) is 4.25. The van der Waals surface area contributed by atoms with Crippen LogP contribution in [0.4, 0.5) is 14.9 Å². The molecular formula is C19H21FN2O2. The number of hydrogen-bond donors (Lipinski definition) is 2. The van der Waals surface area contributed by atoms with Gasteiger partial charge >= 0.3 is 6.09 Å². The first-order valence-corrected chi connectivity index (χ1v) is 8.10. The highest BCUT2D eigenvalue weighted by Crippen LogP contribution is 2.26. The van der Waals surface area contributed by atoms with Crippen LogP contribution in [-0.2, 0) is 11.3 Å². The van der Waals surface area contributed by atoms with E-state index < -0.39 is 6.09 Å². The number of halogens is 1. The fourth-order valence-corrected chi connectivity index (χ4v) is 2.74. The summed E-state index contributed by atoms with van der Waals surface area (Å²) in [5.74, 6) is -0.242. The van der Waals surface area contributed by atoms with E-state index in [0.29, 0.717) is 5.69 Å². The molecule has 0 aliphatic heterocycles. The van der Waals surface area contributed by atoms with E-state index in [-0.39, 0.29) is 24.5 Å². The van der Waals surface area contributed by atoms with Gasteiger partial charge in [-0.2, -0.15) is 0 Å². The van der Waals surface area contributed by atoms with Gasteiger partial charge in [-0.05, 0) is 43.0 Å². The summed E-state index contributed by atoms with van der Waals surface area (Å²) in [4.78, 5) is 11.8. The number of anilines is 1. The van der Waals surface area contributed by atoms with Crippen LogP contribution in [0.3, 0.4) is 0 Å². The van der Waals surface area contributed by atoms with Gasteiger partial charge in [0.05, 0.1) is 5.69 Å². The molecule has 1 aliphatic rings. The maximum absolute atomic E-state index is 13.8. The molecule has 1 fully saturated rings. The number of aryl methyl sites for hydroxylation is 1. The second-order valence-electron chi connectivity index (χ2n) is 6.20. The summed E-state index contributed by atoms with van der Waals surface area (Å²) in [7, 11) is 0. The molecule has 0 saturated heterocycles. The molecule has 0 spiro atoms. The number of nitrogens with one attached hydrogen (secondary N) is 2. The zero-order valence-corrected chi connectivity index (χ0v) is 13.6. The zero-order chi connectivity index (χ0) is 16.9. The normalized spacial score (nSPS) is 19.2. The molecular weight excluding hydrogens is 307 g/mol. The standard InChI is InChI=1S/C19H21FN2O2/c1-13-7-8-18(17(20)9-13)21-15-10-16(11-15)22-19(23)24-12-14-5-3-2-4-6-14/h2-9,15-16,21H,10-12H2,1H3,(H,22,23). The Morgan fingerprint density at radius 1 is 1.17 bits per heavy atom. The smallest absolute Gasteiger partial charge is 0.407 e. The summed E-state index contributed by atoms with van der Waals surface area (Å²) in [6, 6.07) is 14.9. The van der Waals surface area contributed by atoms with Crippen LogP contribution in [-0.4, -0.2) is 18.2 Å². The summed E-state index contributed by atoms with van der Waals surface area (Å²) in [6.07, 6.45) is 1.10. The van der Waals surface area contributed by atoms with Crippen molar-refractivity contribution in [1.29, 1.82) is 0 Å². The summed E-state index contributed by atoms with van der Waals surface area (Å²) in [6.45, 7) is 2.12. The second kappa shape index (κ2) is 7.34. The number of carbonyl (C=O) groups is 1. The van der Waals surface area contributed by atoms with Crippen molar-refractivity contribution in [3.63, 3.8) is 0 Å². The Bertz CT molecular complexity index is 700. The van der Waals surface area contributed by atoms with Crippen LogP contribution in [0, 0.1) is 12.7 Å². The van der Waals surface area contributed by atoms with Crippen molar-refractivity contribution < 1.29 is 13.9 Å². The summed E-state index contributed by atoms with van der Waals surface area (Å²) in [5.41, 5.74) is 2.36. The average molecular weight is 328 g/mol. The van der Waals surface area contributed by atoms with Crippen molar-refractivity contribution in [2.24, 2.45) is 0 Å². The van der Waals surface area contributed by atoms with E-state index in [1.807, 2.05) is 43.3 Å². The van der Waals surface area contributed by atoms with Gasteiger partial charge in [-0.15, -0.1) is 0 Å². The highest BCUT2D eigenvalue weighted by Gasteiger charge is 2.31. The monoisotopic (exact) mass is 328 g/mol. The second-order valence-corrected chi connectivity index (χ2v) is 6.20. The van der Waals surface area contributed by atoms with Crippen LogP contribution < -0.4 is 10.6 Å². The molecule has 0 radical (unpaired) electrons. The topological polar surface area (TPSA) is 50.4 Å². The maximum atomic E-state index is 13.8. The van der Waals surface area contributed by atoms with E-state index in [4.69, 9.17) is 4.74 Å². The van der Waals surface area contributed by atoms with Crippen LogP contribution in [0.15, 0.2) is 48.5 Å². The van der Waals surface area contributed by atoms with Crippen molar-refractivity contribution in [1.82, 2.24) is 5.32 Å². The van der Waals surface area contributed by atoms with E-state index in [0.717, 1.165) is 24.0 Å². The molecule has 24 heavy (non-hydrogen) atoms. The predicted molar refractivity (Wildman–Crippen MR) is 91.3 cm³/mol. The van der Waals surface area contributed by atoms with E-state index in [1.165, 1.54) is 6.07 Å². The molecule has 0 aromatic heterocycles. The molecule has 0 unspecified atom stereocenters. The molecule has 2 N–H and O–H groups in total. The van der Waals surface area contributed by atoms with Gasteiger partial charge in [0, 0.05) is 12.1 Å². The number of carbonyl (C=O) groups excluding carboxylic acids is 1. The number of amides is 1. The van der Waals surface area contributed by atoms with Gasteiger partial charge in [0.15, 0.2) is 0 Å². The van der Waals surface area contributed by atoms with Crippen molar-refractivity contribution >= 4 is 11.8 Å². The van der Waals surface area contributed by atoms with E-state index in [9.17, 15) is 9.18 Å². The van der Waals surface area contributed by atoms with Crippen LogP contribution in [0.5, 0.6) is 0 Å². The minimum Gasteiger partial charge on any atom is -0.445 e. The van der Waals surface area contributed by atoms with Gasteiger partial charge in [0.1, 0.15) is 12.4 Å². The minimum absolute atomic E-state index is 0.0688. The lowest BCUT2D eigenvalue weighted by Crippen LogP contribution is -2.49. The lowest BCUT2D eigenvalue weighted by atomic mass is 9.86. The molecule has 0 bridgehead atoms. The number of hydrogen-bond acceptors (Lipinski definition) is 3. The zero-order valence-electron chi connectivity index (χ0n) is 13.6. The van der Waals surface area contributed by atoms with E-state index >= 15 is 0 Å². The lowest BCUT2D eigenvalue weighted by molar-refractivity contribution is 0.129. The van der Waals surface area contributed by atoms with E-state index in [2.05, 4.69) is 10.6 Å². The highest BCUT2D eigenvalue weighted by molar-refractivity contribution is 5.67. The number of rotatable bonds is 5. The predicted octanol–water partition coefficient (Wildman–Crippen LogP) is 4.00. The van der Waals surface area contributed by atoms with Gasteiger partial charge in [0.2, 0.25) is 0 Å². The Hall–Kier alpha value is -2.56. The van der Waals surface area contributed by atoms with Gasteiger partial charge in [0.25, 0.3) is 0 Å². The van der Waals surface area contributed by atoms with Gasteiger partial charge in [-0.3, -0.25) is 0 Å². The molecule has 0 atom stereocenters. The number of ether oxygens (including phenoxy) is 1. The fourth-order valence-electron chi connectivity index (χ4n) is 2.74. The Labute approximate surface area is 141 Å². The molecule has 4 nitrogen and oxygen atoms in total. The van der Waals surface area contributed by atoms with Gasteiger partial charge < -0.3 is 15.4 Å². The van der Waals surface area contributed by atoms with Gasteiger partial charge in [-0.1, -0.05) is 36.4 Å². The molecule has 1 saturated carbocycles. The molecule has 0 heterocycles. The largest absolute Gasteiger partial charge is 0.445 e. The van der Waals surface area contributed by atoms with Crippen molar-refractivity contribution in [3.05, 3.63) is 65.5 Å². The molecule has 5 heteroatoms. The van der Waals surface area contributed by atoms with E-state index in [1.54, 1.807) is 6.07 Å². The minimum atomic E-state index is -0.413. The number of benzene rings is 2. The summed E-state index contributed by atoms with van der Waals surface area (Å²) in [5, 5.41) is 6.00. The quantitative estimate of drug-likeness (QED) is 0.872. The Balaban J connectivity index is 1.38. The van der Waals surface area contributed by atoms with Crippen molar-refractivity contribution in [3.8, 4) is 0 Å². The van der Waals surface area contributed by atoms with Crippen LogP contribution in [0.25, 0.3) is 0 Å². The van der Waals surface area contributed by atoms with Crippen LogP contribution in [0.2, 0.25) is 0 Å². The first kappa shape index (κ1) is 16.3. The average Bonchev–Trinajstić information content (AvgIpc) is 2.54. The van der Waals surface area contributed by atoms with Crippen LogP contribution in [0.1, 0.15) is 24.0 Å². The SMILES string of the molecule is Cc1ccc(NC2CC(NC(=O)OCc3ccccc3)C2)c(F)c1. The Morgan fingerprint density at radius 3 is 2.62 bits per heavy atom.